The van der Waals surface area contributed by atoms with Gasteiger partial charge in [0.25, 0.3) is 0 Å². The molecule has 1 rings (SSSR count). The number of hydrogen-bond donors (Lipinski definition) is 0. The van der Waals surface area contributed by atoms with Crippen molar-refractivity contribution in [2.24, 2.45) is 0 Å². The van der Waals surface area contributed by atoms with E-state index in [0.29, 0.717) is 6.61 Å². The minimum absolute atomic E-state index is 0.0753. The molecule has 0 aromatic heterocycles. The summed E-state index contributed by atoms with van der Waals surface area (Å²) in [7, 11) is 0. The zero-order valence-electron chi connectivity index (χ0n) is 8.99. The third kappa shape index (κ3) is 3.50. The van der Waals surface area contributed by atoms with Gasteiger partial charge in [-0.2, -0.15) is 11.8 Å². The van der Waals surface area contributed by atoms with E-state index in [9.17, 15) is 4.79 Å². The van der Waals surface area contributed by atoms with E-state index in [1.54, 1.807) is 0 Å². The second-order valence-corrected chi connectivity index (χ2v) is 4.65. The lowest BCUT2D eigenvalue weighted by Crippen LogP contribution is -2.41. The minimum atomic E-state index is -0.0839. The van der Waals surface area contributed by atoms with E-state index in [-0.39, 0.29) is 12.0 Å². The van der Waals surface area contributed by atoms with Gasteiger partial charge in [-0.3, -0.25) is 9.69 Å². The van der Waals surface area contributed by atoms with Gasteiger partial charge in [-0.25, -0.2) is 0 Å². The van der Waals surface area contributed by atoms with Crippen LogP contribution in [0.25, 0.3) is 0 Å². The molecule has 0 N–H and O–H groups in total. The highest BCUT2D eigenvalue weighted by Crippen LogP contribution is 2.12. The lowest BCUT2D eigenvalue weighted by molar-refractivity contribution is -0.148. The van der Waals surface area contributed by atoms with Gasteiger partial charge in [0.15, 0.2) is 0 Å². The number of thioether (sulfide) groups is 1. The molecular weight excluding hydrogens is 198 g/mol. The highest BCUT2D eigenvalue weighted by Gasteiger charge is 2.22. The fourth-order valence-corrected chi connectivity index (χ4v) is 2.47. The van der Waals surface area contributed by atoms with Crippen LogP contribution in [0.15, 0.2) is 0 Å². The van der Waals surface area contributed by atoms with E-state index >= 15 is 0 Å². The summed E-state index contributed by atoms with van der Waals surface area (Å²) < 4.78 is 5.01. The first-order valence-corrected chi connectivity index (χ1v) is 6.39. The lowest BCUT2D eigenvalue weighted by Gasteiger charge is -2.25. The standard InChI is InChI=1S/C10H19NO2S/c1-3-13-10(12)9(2)11-5-4-7-14-8-6-11/h9H,3-8H2,1-2H3. The Hall–Kier alpha value is -0.220. The SMILES string of the molecule is CCOC(=O)C(C)N1CCCSCC1. The predicted molar refractivity (Wildman–Crippen MR) is 59.6 cm³/mol. The molecule has 0 amide bonds. The van der Waals surface area contributed by atoms with Gasteiger partial charge < -0.3 is 4.74 Å². The molecule has 14 heavy (non-hydrogen) atoms. The molecule has 4 heteroatoms. The van der Waals surface area contributed by atoms with Gasteiger partial charge in [-0.1, -0.05) is 0 Å². The van der Waals surface area contributed by atoms with Crippen LogP contribution in [0.3, 0.4) is 0 Å². The van der Waals surface area contributed by atoms with E-state index in [1.165, 1.54) is 12.2 Å². The number of esters is 1. The Bertz CT molecular complexity index is 179. The Balaban J connectivity index is 2.40. The molecule has 0 aromatic carbocycles. The molecule has 1 aliphatic rings. The average molecular weight is 217 g/mol. The van der Waals surface area contributed by atoms with Crippen molar-refractivity contribution in [1.82, 2.24) is 4.90 Å². The maximum Gasteiger partial charge on any atom is 0.323 e. The van der Waals surface area contributed by atoms with Crippen molar-refractivity contribution in [1.29, 1.82) is 0 Å². The summed E-state index contributed by atoms with van der Waals surface area (Å²) in [4.78, 5) is 13.7. The van der Waals surface area contributed by atoms with Crippen LogP contribution in [0.4, 0.5) is 0 Å². The number of hydrogen-bond acceptors (Lipinski definition) is 4. The summed E-state index contributed by atoms with van der Waals surface area (Å²) in [5.74, 6) is 2.26. The normalized spacial score (nSPS) is 21.3. The van der Waals surface area contributed by atoms with E-state index in [0.717, 1.165) is 18.8 Å². The summed E-state index contributed by atoms with van der Waals surface area (Å²) in [5.41, 5.74) is 0. The van der Waals surface area contributed by atoms with Crippen LogP contribution in [-0.4, -0.2) is 48.1 Å². The predicted octanol–water partition coefficient (Wildman–Crippen LogP) is 1.38. The molecule has 0 aliphatic carbocycles. The van der Waals surface area contributed by atoms with Gasteiger partial charge in [0.05, 0.1) is 6.61 Å². The number of rotatable bonds is 3. The topological polar surface area (TPSA) is 29.5 Å². The molecule has 1 atom stereocenters. The monoisotopic (exact) mass is 217 g/mol. The van der Waals surface area contributed by atoms with Crippen LogP contribution >= 0.6 is 11.8 Å². The van der Waals surface area contributed by atoms with Crippen molar-refractivity contribution in [3.05, 3.63) is 0 Å². The molecule has 82 valence electrons. The summed E-state index contributed by atoms with van der Waals surface area (Å²) >= 11 is 1.97. The van der Waals surface area contributed by atoms with Gasteiger partial charge >= 0.3 is 5.97 Å². The molecule has 1 saturated heterocycles. The van der Waals surface area contributed by atoms with Crippen molar-refractivity contribution in [2.45, 2.75) is 26.3 Å². The van der Waals surface area contributed by atoms with Gasteiger partial charge in [0.2, 0.25) is 0 Å². The van der Waals surface area contributed by atoms with Gasteiger partial charge in [0.1, 0.15) is 6.04 Å². The molecule has 1 unspecified atom stereocenters. The summed E-state index contributed by atoms with van der Waals surface area (Å²) in [6.45, 7) is 6.29. The molecule has 1 aliphatic heterocycles. The van der Waals surface area contributed by atoms with Crippen LogP contribution in [-0.2, 0) is 9.53 Å². The smallest absolute Gasteiger partial charge is 0.323 e. The maximum atomic E-state index is 11.5. The van der Waals surface area contributed by atoms with Crippen LogP contribution in [0.5, 0.6) is 0 Å². The Morgan fingerprint density at radius 2 is 2.29 bits per heavy atom. The lowest BCUT2D eigenvalue weighted by atomic mass is 10.2. The molecular formula is C10H19NO2S. The van der Waals surface area contributed by atoms with E-state index in [1.807, 2.05) is 25.6 Å². The van der Waals surface area contributed by atoms with Gasteiger partial charge in [-0.05, 0) is 32.6 Å². The van der Waals surface area contributed by atoms with Gasteiger partial charge in [0, 0.05) is 12.3 Å². The largest absolute Gasteiger partial charge is 0.465 e. The van der Waals surface area contributed by atoms with E-state index in [2.05, 4.69) is 4.90 Å². The number of ether oxygens (including phenoxy) is 1. The Labute approximate surface area is 90.2 Å². The highest BCUT2D eigenvalue weighted by molar-refractivity contribution is 7.99. The first-order chi connectivity index (χ1) is 6.75. The van der Waals surface area contributed by atoms with Gasteiger partial charge in [-0.15, -0.1) is 0 Å². The number of nitrogens with zero attached hydrogens (tertiary/aromatic N) is 1. The molecule has 0 aromatic rings. The Morgan fingerprint density at radius 3 is 3.00 bits per heavy atom. The van der Waals surface area contributed by atoms with Crippen molar-refractivity contribution >= 4 is 17.7 Å². The molecule has 3 nitrogen and oxygen atoms in total. The zero-order valence-corrected chi connectivity index (χ0v) is 9.81. The quantitative estimate of drug-likeness (QED) is 0.668. The third-order valence-corrected chi connectivity index (χ3v) is 3.48. The van der Waals surface area contributed by atoms with Crippen LogP contribution in [0.1, 0.15) is 20.3 Å². The van der Waals surface area contributed by atoms with Crippen molar-refractivity contribution in [3.63, 3.8) is 0 Å². The van der Waals surface area contributed by atoms with E-state index in [4.69, 9.17) is 4.74 Å². The second kappa shape index (κ2) is 6.30. The van der Waals surface area contributed by atoms with Crippen LogP contribution < -0.4 is 0 Å². The molecule has 1 heterocycles. The summed E-state index contributed by atoms with van der Waals surface area (Å²) in [6, 6.07) is -0.0753. The fraction of sp³-hybridized carbons (Fsp3) is 0.900. The highest BCUT2D eigenvalue weighted by atomic mass is 32.2. The zero-order chi connectivity index (χ0) is 10.4. The molecule has 0 bridgehead atoms. The number of carbonyl (C=O) groups excluding carboxylic acids is 1. The molecule has 0 spiro atoms. The summed E-state index contributed by atoms with van der Waals surface area (Å²) in [5, 5.41) is 0. The molecule has 1 fully saturated rings. The van der Waals surface area contributed by atoms with E-state index < -0.39 is 0 Å². The first kappa shape index (κ1) is 11.9. The minimum Gasteiger partial charge on any atom is -0.465 e. The van der Waals surface area contributed by atoms with Crippen molar-refractivity contribution < 1.29 is 9.53 Å². The number of carbonyl (C=O) groups is 1. The first-order valence-electron chi connectivity index (χ1n) is 5.24. The Kier molecular flexibility index (Phi) is 5.33. The second-order valence-electron chi connectivity index (χ2n) is 3.43. The maximum absolute atomic E-state index is 11.5. The summed E-state index contributed by atoms with van der Waals surface area (Å²) in [6.07, 6.45) is 1.18. The van der Waals surface area contributed by atoms with Crippen LogP contribution in [0, 0.1) is 0 Å². The third-order valence-electron chi connectivity index (χ3n) is 2.43. The fourth-order valence-electron chi connectivity index (χ4n) is 1.56. The molecule has 0 saturated carbocycles. The molecule has 0 radical (unpaired) electrons. The van der Waals surface area contributed by atoms with Crippen molar-refractivity contribution in [3.8, 4) is 0 Å². The van der Waals surface area contributed by atoms with Crippen molar-refractivity contribution in [2.75, 3.05) is 31.2 Å². The van der Waals surface area contributed by atoms with Crippen LogP contribution in [0.2, 0.25) is 0 Å². The Morgan fingerprint density at radius 1 is 1.50 bits per heavy atom. The average Bonchev–Trinajstić information content (AvgIpc) is 2.45.